The first-order chi connectivity index (χ1) is 16.8. The van der Waals surface area contributed by atoms with Gasteiger partial charge in [0.05, 0.1) is 28.8 Å². The molecular formula is C26H22FN5O2S. The number of fused-ring (bicyclic) bond motifs is 1. The molecule has 0 radical (unpaired) electrons. The molecule has 0 fully saturated rings. The molecule has 5 rings (SSSR count). The predicted octanol–water partition coefficient (Wildman–Crippen LogP) is 5.07. The maximum Gasteiger partial charge on any atom is 0.230 e. The van der Waals surface area contributed by atoms with Crippen LogP contribution in [-0.4, -0.2) is 30.4 Å². The van der Waals surface area contributed by atoms with Crippen molar-refractivity contribution in [3.8, 4) is 22.4 Å². The highest BCUT2D eigenvalue weighted by molar-refractivity contribution is 7.15. The summed E-state index contributed by atoms with van der Waals surface area (Å²) in [5.41, 5.74) is 3.44. The second kappa shape index (κ2) is 9.01. The minimum absolute atomic E-state index is 0.133. The molecule has 7 nitrogen and oxygen atoms in total. The first kappa shape index (κ1) is 22.8. The molecule has 0 bridgehead atoms. The van der Waals surface area contributed by atoms with E-state index in [4.69, 9.17) is 0 Å². The number of halogens is 1. The van der Waals surface area contributed by atoms with Gasteiger partial charge in [0.2, 0.25) is 5.91 Å². The molecule has 0 aliphatic carbocycles. The summed E-state index contributed by atoms with van der Waals surface area (Å²) in [4.78, 5) is 25.7. The van der Waals surface area contributed by atoms with Crippen LogP contribution in [0.25, 0.3) is 28.0 Å². The monoisotopic (exact) mass is 487 g/mol. The van der Waals surface area contributed by atoms with Gasteiger partial charge in [-0.3, -0.25) is 14.2 Å². The molecule has 0 atom stereocenters. The Morgan fingerprint density at radius 3 is 2.57 bits per heavy atom. The Morgan fingerprint density at radius 1 is 1.06 bits per heavy atom. The molecule has 1 amide bonds. The van der Waals surface area contributed by atoms with Crippen LogP contribution in [0.5, 0.6) is 0 Å². The Balaban J connectivity index is 1.33. The third-order valence-corrected chi connectivity index (χ3v) is 6.81. The zero-order valence-corrected chi connectivity index (χ0v) is 19.9. The summed E-state index contributed by atoms with van der Waals surface area (Å²) in [7, 11) is 0. The molecule has 9 heteroatoms. The molecule has 0 spiro atoms. The average molecular weight is 488 g/mol. The maximum atomic E-state index is 14.9. The zero-order chi connectivity index (χ0) is 24.6. The van der Waals surface area contributed by atoms with Gasteiger partial charge in [-0.05, 0) is 60.9 Å². The van der Waals surface area contributed by atoms with E-state index < -0.39 is 11.4 Å². The number of amides is 1. The Labute approximate surface area is 205 Å². The first-order valence-electron chi connectivity index (χ1n) is 10.9. The van der Waals surface area contributed by atoms with Crippen molar-refractivity contribution < 1.29 is 14.3 Å². The highest BCUT2D eigenvalue weighted by Crippen LogP contribution is 2.29. The van der Waals surface area contributed by atoms with Crippen LogP contribution < -0.4 is 5.32 Å². The molecule has 4 aromatic heterocycles. The molecule has 0 saturated carbocycles. The lowest BCUT2D eigenvalue weighted by Gasteiger charge is -2.13. The summed E-state index contributed by atoms with van der Waals surface area (Å²) >= 11 is 1.18. The number of aliphatic hydroxyl groups is 1. The number of thiazole rings is 1. The molecular weight excluding hydrogens is 465 g/mol. The van der Waals surface area contributed by atoms with Gasteiger partial charge < -0.3 is 10.4 Å². The highest BCUT2D eigenvalue weighted by Gasteiger charge is 2.20. The number of anilines is 1. The number of hydrogen-bond donors (Lipinski definition) is 2. The van der Waals surface area contributed by atoms with Crippen molar-refractivity contribution in [2.24, 2.45) is 0 Å². The van der Waals surface area contributed by atoms with Crippen molar-refractivity contribution in [3.63, 3.8) is 0 Å². The van der Waals surface area contributed by atoms with E-state index >= 15 is 0 Å². The smallest absolute Gasteiger partial charge is 0.230 e. The minimum Gasteiger partial charge on any atom is -0.385 e. The zero-order valence-electron chi connectivity index (χ0n) is 19.1. The fraction of sp³-hybridized carbons (Fsp3) is 0.154. The SMILES string of the molecule is CC(C)(O)c1cnc(NC(=O)Cc2ccc(-c3cnc4cc(-c5ccncc5)ccn34)cc2F)s1. The third-order valence-electron chi connectivity index (χ3n) is 5.58. The number of aromatic nitrogens is 4. The largest absolute Gasteiger partial charge is 0.385 e. The van der Waals surface area contributed by atoms with E-state index in [0.717, 1.165) is 22.5 Å². The lowest BCUT2D eigenvalue weighted by atomic mass is 10.1. The highest BCUT2D eigenvalue weighted by atomic mass is 32.1. The molecule has 2 N–H and O–H groups in total. The molecule has 35 heavy (non-hydrogen) atoms. The molecule has 0 unspecified atom stereocenters. The number of benzene rings is 1. The van der Waals surface area contributed by atoms with Crippen LogP contribution >= 0.6 is 11.3 Å². The fourth-order valence-corrected chi connectivity index (χ4v) is 4.55. The number of imidazole rings is 1. The number of carbonyl (C=O) groups excluding carboxylic acids is 1. The van der Waals surface area contributed by atoms with Gasteiger partial charge in [-0.25, -0.2) is 14.4 Å². The molecule has 4 heterocycles. The maximum absolute atomic E-state index is 14.9. The molecule has 176 valence electrons. The van der Waals surface area contributed by atoms with Crippen LogP contribution in [-0.2, 0) is 16.8 Å². The summed E-state index contributed by atoms with van der Waals surface area (Å²) in [6, 6.07) is 12.6. The van der Waals surface area contributed by atoms with Gasteiger partial charge in [-0.1, -0.05) is 23.5 Å². The number of pyridine rings is 2. The van der Waals surface area contributed by atoms with E-state index in [-0.39, 0.29) is 17.9 Å². The Bertz CT molecular complexity index is 1520. The summed E-state index contributed by atoms with van der Waals surface area (Å²) in [5.74, 6) is -0.857. The lowest BCUT2D eigenvalue weighted by molar-refractivity contribution is -0.115. The van der Waals surface area contributed by atoms with Gasteiger partial charge in [0.25, 0.3) is 0 Å². The standard InChI is InChI=1S/C26H22FN5O2S/c1-26(2,34)22-15-30-25(35-22)31-24(33)13-18-3-4-19(11-20(18)27)21-14-29-23-12-17(7-10-32(21)23)16-5-8-28-9-6-16/h3-12,14-15,34H,13H2,1-2H3,(H,30,31,33). The van der Waals surface area contributed by atoms with Gasteiger partial charge in [0.1, 0.15) is 11.5 Å². The van der Waals surface area contributed by atoms with Crippen LogP contribution in [0.1, 0.15) is 24.3 Å². The number of nitrogens with zero attached hydrogens (tertiary/aromatic N) is 4. The van der Waals surface area contributed by atoms with Crippen molar-refractivity contribution in [2.45, 2.75) is 25.9 Å². The van der Waals surface area contributed by atoms with Crippen molar-refractivity contribution >= 4 is 28.0 Å². The van der Waals surface area contributed by atoms with E-state index in [2.05, 4.69) is 20.3 Å². The Morgan fingerprint density at radius 2 is 1.86 bits per heavy atom. The van der Waals surface area contributed by atoms with E-state index in [1.807, 2.05) is 34.9 Å². The second-order valence-electron chi connectivity index (χ2n) is 8.64. The Hall–Kier alpha value is -3.95. The molecule has 1 aromatic carbocycles. The van der Waals surface area contributed by atoms with Crippen LogP contribution in [0.4, 0.5) is 9.52 Å². The summed E-state index contributed by atoms with van der Waals surface area (Å²) < 4.78 is 16.8. The van der Waals surface area contributed by atoms with Crippen LogP contribution in [0, 0.1) is 5.82 Å². The van der Waals surface area contributed by atoms with E-state index in [0.29, 0.717) is 15.6 Å². The minimum atomic E-state index is -1.04. The normalized spacial score (nSPS) is 11.7. The van der Waals surface area contributed by atoms with Crippen molar-refractivity contribution in [3.05, 3.63) is 89.7 Å². The van der Waals surface area contributed by atoms with Crippen molar-refractivity contribution in [1.29, 1.82) is 0 Å². The second-order valence-corrected chi connectivity index (χ2v) is 9.67. The average Bonchev–Trinajstić information content (AvgIpc) is 3.48. The van der Waals surface area contributed by atoms with Crippen LogP contribution in [0.2, 0.25) is 0 Å². The summed E-state index contributed by atoms with van der Waals surface area (Å²) in [6.07, 6.45) is 8.48. The Kier molecular flexibility index (Phi) is 5.88. The topological polar surface area (TPSA) is 92.4 Å². The van der Waals surface area contributed by atoms with Crippen molar-refractivity contribution in [2.75, 3.05) is 5.32 Å². The molecule has 5 aromatic rings. The van der Waals surface area contributed by atoms with E-state index in [9.17, 15) is 14.3 Å². The number of carbonyl (C=O) groups is 1. The summed E-state index contributed by atoms with van der Waals surface area (Å²) in [6.45, 7) is 3.29. The quantitative estimate of drug-likeness (QED) is 0.349. The number of rotatable bonds is 6. The predicted molar refractivity (Wildman–Crippen MR) is 134 cm³/mol. The van der Waals surface area contributed by atoms with Gasteiger partial charge in [0.15, 0.2) is 5.13 Å². The van der Waals surface area contributed by atoms with E-state index in [1.165, 1.54) is 23.6 Å². The van der Waals surface area contributed by atoms with Gasteiger partial charge in [-0.15, -0.1) is 0 Å². The van der Waals surface area contributed by atoms with Crippen LogP contribution in [0.15, 0.2) is 73.4 Å². The first-order valence-corrected chi connectivity index (χ1v) is 11.7. The third kappa shape index (κ3) is 4.82. The number of hydrogen-bond acceptors (Lipinski definition) is 6. The van der Waals surface area contributed by atoms with Crippen molar-refractivity contribution in [1.82, 2.24) is 19.4 Å². The fourth-order valence-electron chi connectivity index (χ4n) is 3.72. The molecule has 0 saturated heterocycles. The number of nitrogens with one attached hydrogen (secondary N) is 1. The van der Waals surface area contributed by atoms with Gasteiger partial charge in [0, 0.05) is 30.4 Å². The molecule has 0 aliphatic rings. The lowest BCUT2D eigenvalue weighted by Crippen LogP contribution is -2.15. The van der Waals surface area contributed by atoms with Gasteiger partial charge >= 0.3 is 0 Å². The molecule has 0 aliphatic heterocycles. The summed E-state index contributed by atoms with van der Waals surface area (Å²) in [5, 5.41) is 13.1. The van der Waals surface area contributed by atoms with E-state index in [1.54, 1.807) is 44.6 Å². The van der Waals surface area contributed by atoms with Gasteiger partial charge in [-0.2, -0.15) is 0 Å². The van der Waals surface area contributed by atoms with Crippen LogP contribution in [0.3, 0.4) is 0 Å².